The molecule has 2 aliphatic rings. The fourth-order valence-corrected chi connectivity index (χ4v) is 5.75. The molecule has 0 aromatic heterocycles. The van der Waals surface area contributed by atoms with Gasteiger partial charge < -0.3 is 14.7 Å². The van der Waals surface area contributed by atoms with E-state index in [2.05, 4.69) is 0 Å². The summed E-state index contributed by atoms with van der Waals surface area (Å²) in [6.45, 7) is 2.07. The van der Waals surface area contributed by atoms with Crippen molar-refractivity contribution < 1.29 is 49.5 Å². The Morgan fingerprint density at radius 1 is 0.795 bits per heavy atom. The maximum atomic E-state index is 14.2. The summed E-state index contributed by atoms with van der Waals surface area (Å²) in [6.07, 6.45) is -9.47. The number of hydrogen-bond acceptors (Lipinski definition) is 3. The molecule has 2 heterocycles. The van der Waals surface area contributed by atoms with Crippen LogP contribution in [0.3, 0.4) is 0 Å². The van der Waals surface area contributed by atoms with Crippen LogP contribution in [0.2, 0.25) is 0 Å². The molecule has 0 saturated carbocycles. The van der Waals surface area contributed by atoms with E-state index in [4.69, 9.17) is 0 Å². The number of carbonyl (C=O) groups is 3. The van der Waals surface area contributed by atoms with Crippen LogP contribution in [0.5, 0.6) is 0 Å². The Balaban J connectivity index is 1.63. The molecule has 0 unspecified atom stereocenters. The highest BCUT2D eigenvalue weighted by atomic mass is 19.4. The van der Waals surface area contributed by atoms with Crippen LogP contribution in [-0.2, 0) is 21.9 Å². The maximum Gasteiger partial charge on any atom is 0.416 e. The van der Waals surface area contributed by atoms with Gasteiger partial charge in [0.2, 0.25) is 11.8 Å². The van der Waals surface area contributed by atoms with Crippen LogP contribution in [0, 0.1) is 17.6 Å². The fraction of sp³-hybridized carbons (Fsp3) is 0.483. The first-order valence-electron chi connectivity index (χ1n) is 13.7. The van der Waals surface area contributed by atoms with Gasteiger partial charge >= 0.3 is 18.4 Å². The minimum absolute atomic E-state index is 0.00932. The Labute approximate surface area is 248 Å². The second-order valence-electron chi connectivity index (χ2n) is 11.1. The number of anilines is 1. The van der Waals surface area contributed by atoms with Crippen LogP contribution in [-0.4, -0.2) is 78.9 Å². The number of rotatable bonds is 4. The zero-order chi connectivity index (χ0) is 32.7. The molecule has 7 nitrogen and oxygen atoms in total. The summed E-state index contributed by atoms with van der Waals surface area (Å²) in [7, 11) is 2.29. The van der Waals surface area contributed by atoms with Gasteiger partial charge in [0, 0.05) is 64.7 Å². The van der Waals surface area contributed by atoms with Crippen molar-refractivity contribution in [3.05, 3.63) is 64.7 Å². The van der Waals surface area contributed by atoms with Crippen LogP contribution >= 0.6 is 0 Å². The van der Waals surface area contributed by atoms with Crippen molar-refractivity contribution in [1.29, 1.82) is 0 Å². The van der Waals surface area contributed by atoms with Crippen molar-refractivity contribution in [2.75, 3.05) is 45.2 Å². The van der Waals surface area contributed by atoms with Crippen LogP contribution < -0.4 is 4.90 Å². The van der Waals surface area contributed by atoms with Gasteiger partial charge in [-0.2, -0.15) is 26.3 Å². The van der Waals surface area contributed by atoms with E-state index < -0.39 is 64.7 Å². The first-order valence-corrected chi connectivity index (χ1v) is 13.7. The molecule has 0 spiro atoms. The number of likely N-dealkylation sites (N-methyl/N-ethyl adjacent to an activating group) is 1. The van der Waals surface area contributed by atoms with Gasteiger partial charge in [-0.1, -0.05) is 6.07 Å². The maximum absolute atomic E-state index is 14.2. The molecule has 2 fully saturated rings. The number of piperidine rings is 1. The lowest BCUT2D eigenvalue weighted by atomic mass is 9.93. The summed E-state index contributed by atoms with van der Waals surface area (Å²) in [4.78, 5) is 43.5. The Morgan fingerprint density at radius 2 is 1.36 bits per heavy atom. The summed E-state index contributed by atoms with van der Waals surface area (Å²) in [5.41, 5.74) is -3.62. The lowest BCUT2D eigenvalue weighted by Gasteiger charge is -2.33. The number of halogens is 8. The molecule has 0 aliphatic carbocycles. The minimum atomic E-state index is -5.13. The Kier molecular flexibility index (Phi) is 9.17. The molecule has 0 bridgehead atoms. The molecule has 2 atom stereocenters. The van der Waals surface area contributed by atoms with E-state index in [-0.39, 0.29) is 36.5 Å². The summed E-state index contributed by atoms with van der Waals surface area (Å²) in [5, 5.41) is 0. The standard InChI is InChI=1S/C29H30F8N4O3/c1-16(42)40-8-6-17(7-9-40)26(43)41-14-22(18-4-5-23(30)24(31)10-18)25(15-41)39(3)27(44)38(2)21-12-19(28(32,33)34)11-20(13-21)29(35,36)37/h4-5,10-13,17,22,25H,6-9,14-15H2,1-3H3/t22-,25+/m0/s1. The largest absolute Gasteiger partial charge is 0.416 e. The monoisotopic (exact) mass is 634 g/mol. The van der Waals surface area contributed by atoms with E-state index in [0.29, 0.717) is 43.0 Å². The average Bonchev–Trinajstić information content (AvgIpc) is 3.41. The molecule has 15 heteroatoms. The van der Waals surface area contributed by atoms with E-state index in [1.807, 2.05) is 0 Å². The van der Waals surface area contributed by atoms with Crippen LogP contribution in [0.25, 0.3) is 0 Å². The minimum Gasteiger partial charge on any atom is -0.343 e. The average molecular weight is 635 g/mol. The zero-order valence-electron chi connectivity index (χ0n) is 24.0. The summed E-state index contributed by atoms with van der Waals surface area (Å²) in [6, 6.07) is 2.02. The van der Waals surface area contributed by atoms with E-state index in [0.717, 1.165) is 24.1 Å². The second kappa shape index (κ2) is 12.2. The van der Waals surface area contributed by atoms with Gasteiger partial charge in [0.05, 0.1) is 17.2 Å². The van der Waals surface area contributed by atoms with E-state index in [1.54, 1.807) is 4.90 Å². The van der Waals surface area contributed by atoms with Crippen molar-refractivity contribution >= 4 is 23.5 Å². The molecular formula is C29H30F8N4O3. The van der Waals surface area contributed by atoms with Crippen LogP contribution in [0.4, 0.5) is 45.6 Å². The lowest BCUT2D eigenvalue weighted by molar-refractivity contribution is -0.143. The number of amides is 4. The molecule has 0 N–H and O–H groups in total. The molecule has 240 valence electrons. The van der Waals surface area contributed by atoms with Crippen molar-refractivity contribution in [2.24, 2.45) is 5.92 Å². The van der Waals surface area contributed by atoms with Crippen molar-refractivity contribution in [1.82, 2.24) is 14.7 Å². The van der Waals surface area contributed by atoms with Gasteiger partial charge in [0.1, 0.15) is 0 Å². The molecule has 2 aliphatic heterocycles. The Morgan fingerprint density at radius 3 is 1.86 bits per heavy atom. The Bertz CT molecular complexity index is 1390. The SMILES string of the molecule is CC(=O)N1CCC(C(=O)N2C[C@@H](N(C)C(=O)N(C)c3cc(C(F)(F)F)cc(C(F)(F)F)c3)[C@H](c3ccc(F)c(F)c3)C2)CC1. The number of carbonyl (C=O) groups excluding carboxylic acids is 3. The fourth-order valence-electron chi connectivity index (χ4n) is 5.75. The number of likely N-dealkylation sites (tertiary alicyclic amines) is 2. The third-order valence-electron chi connectivity index (χ3n) is 8.31. The van der Waals surface area contributed by atoms with Gasteiger partial charge in [0.15, 0.2) is 11.6 Å². The molecule has 4 rings (SSSR count). The molecule has 44 heavy (non-hydrogen) atoms. The third-order valence-corrected chi connectivity index (χ3v) is 8.31. The molecule has 4 amide bonds. The van der Waals surface area contributed by atoms with Crippen LogP contribution in [0.1, 0.15) is 42.4 Å². The van der Waals surface area contributed by atoms with E-state index in [9.17, 15) is 49.5 Å². The topological polar surface area (TPSA) is 64.2 Å². The van der Waals surface area contributed by atoms with Gasteiger partial charge in [0.25, 0.3) is 0 Å². The van der Waals surface area contributed by atoms with E-state index in [1.165, 1.54) is 24.9 Å². The second-order valence-corrected chi connectivity index (χ2v) is 11.1. The highest BCUT2D eigenvalue weighted by Crippen LogP contribution is 2.39. The Hall–Kier alpha value is -3.91. The quantitative estimate of drug-likeness (QED) is 0.403. The first-order chi connectivity index (χ1) is 20.4. The molecule has 2 aromatic carbocycles. The third kappa shape index (κ3) is 6.91. The highest BCUT2D eigenvalue weighted by molar-refractivity contribution is 5.92. The van der Waals surface area contributed by atoms with Crippen molar-refractivity contribution in [3.8, 4) is 0 Å². The number of hydrogen-bond donors (Lipinski definition) is 0. The normalized spacial score (nSPS) is 19.7. The van der Waals surface area contributed by atoms with Gasteiger partial charge in [-0.05, 0) is 48.7 Å². The summed E-state index contributed by atoms with van der Waals surface area (Å²) >= 11 is 0. The predicted octanol–water partition coefficient (Wildman–Crippen LogP) is 5.74. The van der Waals surface area contributed by atoms with Gasteiger partial charge in [-0.25, -0.2) is 13.6 Å². The predicted molar refractivity (Wildman–Crippen MR) is 142 cm³/mol. The smallest absolute Gasteiger partial charge is 0.343 e. The molecule has 0 radical (unpaired) electrons. The van der Waals surface area contributed by atoms with Gasteiger partial charge in [-0.15, -0.1) is 0 Å². The van der Waals surface area contributed by atoms with Crippen molar-refractivity contribution in [3.63, 3.8) is 0 Å². The van der Waals surface area contributed by atoms with Crippen LogP contribution in [0.15, 0.2) is 36.4 Å². The highest BCUT2D eigenvalue weighted by Gasteiger charge is 2.43. The summed E-state index contributed by atoms with van der Waals surface area (Å²) < 4.78 is 109. The summed E-state index contributed by atoms with van der Waals surface area (Å²) in [5.74, 6) is -3.89. The number of benzene rings is 2. The number of alkyl halides is 6. The van der Waals surface area contributed by atoms with Crippen molar-refractivity contribution in [2.45, 2.75) is 44.1 Å². The number of nitrogens with zero attached hydrogens (tertiary/aromatic N) is 4. The zero-order valence-corrected chi connectivity index (χ0v) is 24.0. The first kappa shape index (κ1) is 33.0. The molecule has 2 aromatic rings. The lowest BCUT2D eigenvalue weighted by Crippen LogP contribution is -2.48. The van der Waals surface area contributed by atoms with Gasteiger partial charge in [-0.3, -0.25) is 14.5 Å². The van der Waals surface area contributed by atoms with E-state index >= 15 is 0 Å². The number of urea groups is 1. The molecule has 2 saturated heterocycles. The molecular weight excluding hydrogens is 604 g/mol.